The van der Waals surface area contributed by atoms with E-state index in [2.05, 4.69) is 45.8 Å². The number of aromatic amines is 1. The molecule has 0 saturated heterocycles. The van der Waals surface area contributed by atoms with Gasteiger partial charge in [-0.05, 0) is 48.0 Å². The molecule has 0 aliphatic heterocycles. The molecule has 72 valence electrons. The van der Waals surface area contributed by atoms with Gasteiger partial charge in [0, 0.05) is 17.0 Å². The van der Waals surface area contributed by atoms with Gasteiger partial charge >= 0.3 is 0 Å². The zero-order chi connectivity index (χ0) is 10.1. The molecule has 0 fully saturated rings. The molecule has 2 heterocycles. The molecule has 0 aromatic carbocycles. The molecule has 0 spiro atoms. The molecule has 2 nitrogen and oxygen atoms in total. The molecule has 0 amide bonds. The minimum absolute atomic E-state index is 0.869. The summed E-state index contributed by atoms with van der Waals surface area (Å²) in [6.07, 6.45) is 0. The summed E-state index contributed by atoms with van der Waals surface area (Å²) in [5.41, 5.74) is 4.50. The van der Waals surface area contributed by atoms with Crippen LogP contribution >= 0.6 is 15.9 Å². The molecule has 0 aliphatic carbocycles. The molecule has 0 unspecified atom stereocenters. The number of nitrogens with one attached hydrogen (secondary N) is 1. The fraction of sp³-hybridized carbons (Fsp3) is 0.182. The van der Waals surface area contributed by atoms with Gasteiger partial charge in [0.2, 0.25) is 0 Å². The van der Waals surface area contributed by atoms with E-state index in [9.17, 15) is 0 Å². The Morgan fingerprint density at radius 1 is 1.29 bits per heavy atom. The van der Waals surface area contributed by atoms with E-state index < -0.39 is 0 Å². The van der Waals surface area contributed by atoms with Gasteiger partial charge in [0.25, 0.3) is 0 Å². The van der Waals surface area contributed by atoms with Crippen LogP contribution in [-0.2, 0) is 0 Å². The molecular formula is C11H11BrN2. The highest BCUT2D eigenvalue weighted by Gasteiger charge is 2.05. The first-order chi connectivity index (χ1) is 6.66. The van der Waals surface area contributed by atoms with Crippen LogP contribution in [0.4, 0.5) is 0 Å². The number of aryl methyl sites for hydroxylation is 2. The maximum absolute atomic E-state index is 4.41. The summed E-state index contributed by atoms with van der Waals surface area (Å²) in [5.74, 6) is 0. The summed E-state index contributed by atoms with van der Waals surface area (Å²) in [4.78, 5) is 7.68. The van der Waals surface area contributed by atoms with Gasteiger partial charge < -0.3 is 4.98 Å². The second-order valence-electron chi connectivity index (χ2n) is 3.34. The highest BCUT2D eigenvalue weighted by atomic mass is 79.9. The van der Waals surface area contributed by atoms with Crippen molar-refractivity contribution in [3.8, 4) is 11.3 Å². The Balaban J connectivity index is 2.54. The first-order valence-electron chi connectivity index (χ1n) is 4.46. The van der Waals surface area contributed by atoms with Crippen LogP contribution in [0.15, 0.2) is 28.9 Å². The third kappa shape index (κ3) is 1.73. The van der Waals surface area contributed by atoms with Crippen molar-refractivity contribution in [2.24, 2.45) is 0 Å². The van der Waals surface area contributed by atoms with Crippen molar-refractivity contribution < 1.29 is 0 Å². The number of nitrogens with zero attached hydrogens (tertiary/aromatic N) is 1. The molecule has 14 heavy (non-hydrogen) atoms. The Bertz CT molecular complexity index is 460. The first kappa shape index (κ1) is 9.46. The number of halogens is 1. The number of pyridine rings is 1. The van der Waals surface area contributed by atoms with Crippen LogP contribution in [0.5, 0.6) is 0 Å². The van der Waals surface area contributed by atoms with Crippen molar-refractivity contribution in [2.75, 3.05) is 0 Å². The van der Waals surface area contributed by atoms with Crippen molar-refractivity contribution in [3.05, 3.63) is 40.3 Å². The predicted molar refractivity (Wildman–Crippen MR) is 61.2 cm³/mol. The molecule has 3 heteroatoms. The first-order valence-corrected chi connectivity index (χ1v) is 5.25. The van der Waals surface area contributed by atoms with Crippen LogP contribution in [0.3, 0.4) is 0 Å². The molecule has 0 aliphatic rings. The molecular weight excluding hydrogens is 240 g/mol. The Hall–Kier alpha value is -1.09. The number of rotatable bonds is 1. The standard InChI is InChI=1S/C11H11BrN2/c1-7-6-9(8(2)13-7)10-4-3-5-11(12)14-10/h3-6,13H,1-2H3. The van der Waals surface area contributed by atoms with E-state index in [1.165, 1.54) is 11.3 Å². The van der Waals surface area contributed by atoms with Gasteiger partial charge in [0.15, 0.2) is 0 Å². The van der Waals surface area contributed by atoms with E-state index in [4.69, 9.17) is 0 Å². The summed E-state index contributed by atoms with van der Waals surface area (Å²) in [6, 6.07) is 8.05. The predicted octanol–water partition coefficient (Wildman–Crippen LogP) is 3.46. The van der Waals surface area contributed by atoms with E-state index >= 15 is 0 Å². The molecule has 0 saturated carbocycles. The molecule has 2 aromatic rings. The van der Waals surface area contributed by atoms with E-state index in [0.29, 0.717) is 0 Å². The Labute approximate surface area is 91.5 Å². The number of aromatic nitrogens is 2. The second kappa shape index (κ2) is 3.58. The molecule has 0 radical (unpaired) electrons. The maximum atomic E-state index is 4.41. The van der Waals surface area contributed by atoms with Crippen molar-refractivity contribution in [2.45, 2.75) is 13.8 Å². The number of hydrogen-bond donors (Lipinski definition) is 1. The highest BCUT2D eigenvalue weighted by molar-refractivity contribution is 9.10. The maximum Gasteiger partial charge on any atom is 0.106 e. The molecule has 0 atom stereocenters. The lowest BCUT2D eigenvalue weighted by atomic mass is 10.1. The van der Waals surface area contributed by atoms with Gasteiger partial charge in [-0.15, -0.1) is 0 Å². The summed E-state index contributed by atoms with van der Waals surface area (Å²) >= 11 is 3.37. The topological polar surface area (TPSA) is 28.7 Å². The highest BCUT2D eigenvalue weighted by Crippen LogP contribution is 2.23. The van der Waals surface area contributed by atoms with Crippen molar-refractivity contribution in [1.29, 1.82) is 0 Å². The largest absolute Gasteiger partial charge is 0.362 e. The molecule has 2 aromatic heterocycles. The Morgan fingerprint density at radius 3 is 2.64 bits per heavy atom. The lowest BCUT2D eigenvalue weighted by Gasteiger charge is -1.99. The van der Waals surface area contributed by atoms with Crippen LogP contribution in [0, 0.1) is 13.8 Å². The van der Waals surface area contributed by atoms with Crippen LogP contribution in [0.25, 0.3) is 11.3 Å². The van der Waals surface area contributed by atoms with Crippen LogP contribution in [0.2, 0.25) is 0 Å². The van der Waals surface area contributed by atoms with Gasteiger partial charge in [-0.25, -0.2) is 4.98 Å². The Morgan fingerprint density at radius 2 is 2.07 bits per heavy atom. The monoisotopic (exact) mass is 250 g/mol. The van der Waals surface area contributed by atoms with Crippen molar-refractivity contribution >= 4 is 15.9 Å². The summed E-state index contributed by atoms with van der Waals surface area (Å²) < 4.78 is 0.869. The minimum atomic E-state index is 0.869. The molecule has 1 N–H and O–H groups in total. The van der Waals surface area contributed by atoms with Crippen molar-refractivity contribution in [1.82, 2.24) is 9.97 Å². The van der Waals surface area contributed by atoms with E-state index in [0.717, 1.165) is 16.0 Å². The van der Waals surface area contributed by atoms with Gasteiger partial charge in [-0.2, -0.15) is 0 Å². The normalized spacial score (nSPS) is 10.5. The Kier molecular flexibility index (Phi) is 2.42. The fourth-order valence-corrected chi connectivity index (χ4v) is 1.89. The molecule has 2 rings (SSSR count). The lowest BCUT2D eigenvalue weighted by molar-refractivity contribution is 1.18. The quantitative estimate of drug-likeness (QED) is 0.772. The number of hydrogen-bond acceptors (Lipinski definition) is 1. The third-order valence-electron chi connectivity index (χ3n) is 2.14. The zero-order valence-electron chi connectivity index (χ0n) is 8.13. The van der Waals surface area contributed by atoms with Gasteiger partial charge in [-0.3, -0.25) is 0 Å². The third-order valence-corrected chi connectivity index (χ3v) is 2.58. The van der Waals surface area contributed by atoms with E-state index in [1.807, 2.05) is 18.2 Å². The van der Waals surface area contributed by atoms with Crippen LogP contribution in [0.1, 0.15) is 11.4 Å². The lowest BCUT2D eigenvalue weighted by Crippen LogP contribution is -1.83. The average molecular weight is 251 g/mol. The second-order valence-corrected chi connectivity index (χ2v) is 4.15. The summed E-state index contributed by atoms with van der Waals surface area (Å²) in [5, 5.41) is 0. The van der Waals surface area contributed by atoms with Crippen molar-refractivity contribution in [3.63, 3.8) is 0 Å². The van der Waals surface area contributed by atoms with Gasteiger partial charge in [0.05, 0.1) is 5.69 Å². The zero-order valence-corrected chi connectivity index (χ0v) is 9.72. The summed E-state index contributed by atoms with van der Waals surface area (Å²) in [6.45, 7) is 4.11. The van der Waals surface area contributed by atoms with Gasteiger partial charge in [-0.1, -0.05) is 6.07 Å². The number of H-pyrrole nitrogens is 1. The van der Waals surface area contributed by atoms with Crippen LogP contribution in [-0.4, -0.2) is 9.97 Å². The average Bonchev–Trinajstić information content (AvgIpc) is 2.45. The van der Waals surface area contributed by atoms with E-state index in [-0.39, 0.29) is 0 Å². The SMILES string of the molecule is Cc1cc(-c2cccc(Br)n2)c(C)[nH]1. The smallest absolute Gasteiger partial charge is 0.106 e. The summed E-state index contributed by atoms with van der Waals surface area (Å²) in [7, 11) is 0. The van der Waals surface area contributed by atoms with Gasteiger partial charge in [0.1, 0.15) is 4.60 Å². The fourth-order valence-electron chi connectivity index (χ4n) is 1.55. The molecule has 0 bridgehead atoms. The van der Waals surface area contributed by atoms with Crippen LogP contribution < -0.4 is 0 Å². The minimum Gasteiger partial charge on any atom is -0.362 e. The van der Waals surface area contributed by atoms with E-state index in [1.54, 1.807) is 0 Å².